The molecule has 0 fully saturated rings. The third-order valence-corrected chi connectivity index (χ3v) is 4.30. The standard InChI is InChI=1S/C18H18ClNO/c1-13-8-9-14(16(19)11-13)12-20-10-4-7-18(21)15-5-2-3-6-17(15)20/h2-3,5-6,8-9,11H,4,7,10,12H2,1H3. The molecule has 108 valence electrons. The molecule has 1 aliphatic rings. The number of anilines is 1. The third kappa shape index (κ3) is 2.96. The molecular formula is C18H18ClNO. The fourth-order valence-corrected chi connectivity index (χ4v) is 3.12. The van der Waals surface area contributed by atoms with Crippen LogP contribution < -0.4 is 4.90 Å². The third-order valence-electron chi connectivity index (χ3n) is 3.95. The minimum atomic E-state index is 0.239. The van der Waals surface area contributed by atoms with Crippen molar-refractivity contribution in [2.45, 2.75) is 26.3 Å². The van der Waals surface area contributed by atoms with Gasteiger partial charge < -0.3 is 4.90 Å². The molecule has 1 aliphatic heterocycles. The summed E-state index contributed by atoms with van der Waals surface area (Å²) in [4.78, 5) is 14.4. The van der Waals surface area contributed by atoms with E-state index in [0.29, 0.717) is 6.42 Å². The molecule has 0 N–H and O–H groups in total. The highest BCUT2D eigenvalue weighted by atomic mass is 35.5. The molecule has 0 aliphatic carbocycles. The van der Waals surface area contributed by atoms with Crippen molar-refractivity contribution in [3.05, 3.63) is 64.2 Å². The number of fused-ring (bicyclic) bond motifs is 1. The molecule has 0 atom stereocenters. The zero-order valence-electron chi connectivity index (χ0n) is 12.1. The van der Waals surface area contributed by atoms with Crippen LogP contribution in [0.5, 0.6) is 0 Å². The Morgan fingerprint density at radius 2 is 2.00 bits per heavy atom. The first-order valence-corrected chi connectivity index (χ1v) is 7.65. The van der Waals surface area contributed by atoms with Crippen LogP contribution in [0.4, 0.5) is 5.69 Å². The molecule has 0 saturated carbocycles. The summed E-state index contributed by atoms with van der Waals surface area (Å²) in [7, 11) is 0. The van der Waals surface area contributed by atoms with Crippen LogP contribution in [0.15, 0.2) is 42.5 Å². The summed E-state index contributed by atoms with van der Waals surface area (Å²) in [6.07, 6.45) is 1.51. The van der Waals surface area contributed by atoms with Crippen molar-refractivity contribution in [3.8, 4) is 0 Å². The number of ketones is 1. The molecule has 0 saturated heterocycles. The maximum atomic E-state index is 12.2. The molecule has 2 aromatic carbocycles. The Kier molecular flexibility index (Phi) is 3.98. The molecular weight excluding hydrogens is 282 g/mol. The Labute approximate surface area is 130 Å². The van der Waals surface area contributed by atoms with Gasteiger partial charge in [-0.05, 0) is 42.7 Å². The second-order valence-corrected chi connectivity index (χ2v) is 5.97. The van der Waals surface area contributed by atoms with Crippen molar-refractivity contribution in [2.75, 3.05) is 11.4 Å². The fraction of sp³-hybridized carbons (Fsp3) is 0.278. The van der Waals surface area contributed by atoms with Crippen LogP contribution in [0.25, 0.3) is 0 Å². The van der Waals surface area contributed by atoms with Crippen molar-refractivity contribution in [2.24, 2.45) is 0 Å². The predicted molar refractivity (Wildman–Crippen MR) is 87.2 cm³/mol. The van der Waals surface area contributed by atoms with Gasteiger partial charge in [0.2, 0.25) is 0 Å². The van der Waals surface area contributed by atoms with E-state index in [1.54, 1.807) is 0 Å². The topological polar surface area (TPSA) is 20.3 Å². The number of rotatable bonds is 2. The maximum absolute atomic E-state index is 12.2. The number of aryl methyl sites for hydroxylation is 1. The lowest BCUT2D eigenvalue weighted by molar-refractivity contribution is 0.0984. The number of hydrogen-bond donors (Lipinski definition) is 0. The van der Waals surface area contributed by atoms with Gasteiger partial charge in [0.05, 0.1) is 0 Å². The number of carbonyl (C=O) groups is 1. The van der Waals surface area contributed by atoms with Crippen LogP contribution in [0, 0.1) is 6.92 Å². The van der Waals surface area contributed by atoms with E-state index >= 15 is 0 Å². The lowest BCUT2D eigenvalue weighted by Gasteiger charge is -2.25. The van der Waals surface area contributed by atoms with Crippen molar-refractivity contribution in [1.82, 2.24) is 0 Å². The van der Waals surface area contributed by atoms with Gasteiger partial charge in [-0.3, -0.25) is 4.79 Å². The van der Waals surface area contributed by atoms with Gasteiger partial charge in [-0.15, -0.1) is 0 Å². The van der Waals surface area contributed by atoms with Crippen LogP contribution in [0.1, 0.15) is 34.3 Å². The van der Waals surface area contributed by atoms with Crippen molar-refractivity contribution < 1.29 is 4.79 Å². The molecule has 21 heavy (non-hydrogen) atoms. The van der Waals surface area contributed by atoms with Crippen LogP contribution in [-0.4, -0.2) is 12.3 Å². The predicted octanol–water partition coefficient (Wildman–Crippen LogP) is 4.63. The summed E-state index contributed by atoms with van der Waals surface area (Å²) in [5, 5.41) is 0.794. The summed E-state index contributed by atoms with van der Waals surface area (Å²) >= 11 is 6.35. The van der Waals surface area contributed by atoms with Gasteiger partial charge in [-0.1, -0.05) is 35.9 Å². The average molecular weight is 300 g/mol. The van der Waals surface area contributed by atoms with E-state index < -0.39 is 0 Å². The van der Waals surface area contributed by atoms with E-state index in [-0.39, 0.29) is 5.78 Å². The molecule has 0 bridgehead atoms. The summed E-state index contributed by atoms with van der Waals surface area (Å²) in [6, 6.07) is 14.0. The van der Waals surface area contributed by atoms with Crippen LogP contribution in [-0.2, 0) is 6.54 Å². The molecule has 3 heteroatoms. The summed E-state index contributed by atoms with van der Waals surface area (Å²) < 4.78 is 0. The van der Waals surface area contributed by atoms with Gasteiger partial charge in [0.25, 0.3) is 0 Å². The zero-order chi connectivity index (χ0) is 14.8. The largest absolute Gasteiger partial charge is 0.367 e. The normalized spacial score (nSPS) is 14.8. The maximum Gasteiger partial charge on any atom is 0.165 e. The van der Waals surface area contributed by atoms with Gasteiger partial charge >= 0.3 is 0 Å². The minimum absolute atomic E-state index is 0.239. The fourth-order valence-electron chi connectivity index (χ4n) is 2.82. The Balaban J connectivity index is 1.95. The molecule has 0 spiro atoms. The molecule has 0 aromatic heterocycles. The van der Waals surface area contributed by atoms with Crippen molar-refractivity contribution in [3.63, 3.8) is 0 Å². The summed E-state index contributed by atoms with van der Waals surface area (Å²) in [5.41, 5.74) is 4.12. The van der Waals surface area contributed by atoms with Crippen LogP contribution in [0.2, 0.25) is 5.02 Å². The highest BCUT2D eigenvalue weighted by molar-refractivity contribution is 6.31. The van der Waals surface area contributed by atoms with E-state index in [9.17, 15) is 4.79 Å². The second-order valence-electron chi connectivity index (χ2n) is 5.56. The van der Waals surface area contributed by atoms with Gasteiger partial charge in [-0.25, -0.2) is 0 Å². The quantitative estimate of drug-likeness (QED) is 0.805. The number of para-hydroxylation sites is 1. The molecule has 0 radical (unpaired) electrons. The van der Waals surface area contributed by atoms with Crippen LogP contribution >= 0.6 is 11.6 Å². The minimum Gasteiger partial charge on any atom is -0.367 e. The highest BCUT2D eigenvalue weighted by Crippen LogP contribution is 2.29. The van der Waals surface area contributed by atoms with Gasteiger partial charge in [0.1, 0.15) is 0 Å². The monoisotopic (exact) mass is 299 g/mol. The molecule has 1 heterocycles. The summed E-state index contributed by atoms with van der Waals surface area (Å²) in [6.45, 7) is 3.66. The lowest BCUT2D eigenvalue weighted by atomic mass is 10.1. The van der Waals surface area contributed by atoms with E-state index in [1.165, 1.54) is 0 Å². The molecule has 2 nitrogen and oxygen atoms in total. The van der Waals surface area contributed by atoms with Gasteiger partial charge in [0.15, 0.2) is 5.78 Å². The number of nitrogens with zero attached hydrogens (tertiary/aromatic N) is 1. The van der Waals surface area contributed by atoms with Gasteiger partial charge in [-0.2, -0.15) is 0 Å². The first-order valence-electron chi connectivity index (χ1n) is 7.27. The zero-order valence-corrected chi connectivity index (χ0v) is 12.9. The number of hydrogen-bond acceptors (Lipinski definition) is 2. The number of halogens is 1. The molecule has 2 aromatic rings. The SMILES string of the molecule is Cc1ccc(CN2CCCC(=O)c3ccccc32)c(Cl)c1. The smallest absolute Gasteiger partial charge is 0.165 e. The first kappa shape index (κ1) is 14.2. The van der Waals surface area contributed by atoms with Crippen molar-refractivity contribution >= 4 is 23.1 Å². The Bertz CT molecular complexity index is 681. The summed E-state index contributed by atoms with van der Waals surface area (Å²) in [5.74, 6) is 0.239. The molecule has 0 amide bonds. The Morgan fingerprint density at radius 1 is 1.19 bits per heavy atom. The van der Waals surface area contributed by atoms with E-state index in [4.69, 9.17) is 11.6 Å². The highest BCUT2D eigenvalue weighted by Gasteiger charge is 2.20. The lowest BCUT2D eigenvalue weighted by Crippen LogP contribution is -2.23. The van der Waals surface area contributed by atoms with Crippen molar-refractivity contribution in [1.29, 1.82) is 0 Å². The van der Waals surface area contributed by atoms with Crippen LogP contribution in [0.3, 0.4) is 0 Å². The van der Waals surface area contributed by atoms with E-state index in [0.717, 1.165) is 46.9 Å². The molecule has 3 rings (SSSR count). The number of benzene rings is 2. The number of carbonyl (C=O) groups excluding carboxylic acids is 1. The first-order chi connectivity index (χ1) is 10.1. The Morgan fingerprint density at radius 3 is 2.81 bits per heavy atom. The van der Waals surface area contributed by atoms with E-state index in [2.05, 4.69) is 17.0 Å². The number of Topliss-reactive ketones (excluding diaryl/α,β-unsaturated/α-hetero) is 1. The second kappa shape index (κ2) is 5.90. The van der Waals surface area contributed by atoms with E-state index in [1.807, 2.05) is 37.3 Å². The average Bonchev–Trinajstić information content (AvgIpc) is 2.63. The Hall–Kier alpha value is -1.80. The molecule has 0 unspecified atom stereocenters. The van der Waals surface area contributed by atoms with Gasteiger partial charge in [0, 0.05) is 35.8 Å².